The van der Waals surface area contributed by atoms with Crippen molar-refractivity contribution in [2.45, 2.75) is 63.5 Å². The zero-order chi connectivity index (χ0) is 19.3. The van der Waals surface area contributed by atoms with E-state index in [0.717, 1.165) is 31.4 Å². The van der Waals surface area contributed by atoms with Crippen LogP contribution in [-0.2, 0) is 16.0 Å². The molecular formula is C23H28N2O2S. The van der Waals surface area contributed by atoms with E-state index in [9.17, 15) is 9.59 Å². The number of fused-ring (bicyclic) bond motifs is 1. The molecule has 1 aromatic heterocycles. The molecule has 2 aliphatic rings. The van der Waals surface area contributed by atoms with E-state index in [1.165, 1.54) is 29.7 Å². The van der Waals surface area contributed by atoms with E-state index in [0.29, 0.717) is 6.04 Å². The minimum Gasteiger partial charge on any atom is -0.353 e. The Morgan fingerprint density at radius 3 is 2.61 bits per heavy atom. The molecule has 1 aliphatic heterocycles. The fraction of sp³-hybridized carbons (Fsp3) is 0.478. The highest BCUT2D eigenvalue weighted by Gasteiger charge is 2.32. The molecule has 1 saturated carbocycles. The summed E-state index contributed by atoms with van der Waals surface area (Å²) in [6, 6.07) is 12.6. The van der Waals surface area contributed by atoms with Gasteiger partial charge in [-0.15, -0.1) is 11.3 Å². The summed E-state index contributed by atoms with van der Waals surface area (Å²) < 4.78 is 0. The van der Waals surface area contributed by atoms with E-state index in [-0.39, 0.29) is 30.7 Å². The quantitative estimate of drug-likeness (QED) is 0.812. The van der Waals surface area contributed by atoms with Gasteiger partial charge in [-0.25, -0.2) is 0 Å². The molecule has 1 unspecified atom stereocenters. The van der Waals surface area contributed by atoms with Crippen LogP contribution in [0.4, 0.5) is 0 Å². The molecule has 2 aromatic rings. The van der Waals surface area contributed by atoms with Gasteiger partial charge in [-0.05, 0) is 41.8 Å². The van der Waals surface area contributed by atoms with Crippen molar-refractivity contribution in [3.8, 4) is 0 Å². The number of benzene rings is 1. The Morgan fingerprint density at radius 2 is 1.82 bits per heavy atom. The molecule has 0 spiro atoms. The van der Waals surface area contributed by atoms with Crippen LogP contribution < -0.4 is 5.32 Å². The van der Waals surface area contributed by atoms with Crippen LogP contribution >= 0.6 is 11.3 Å². The Bertz CT molecular complexity index is 811. The predicted octanol–water partition coefficient (Wildman–Crippen LogP) is 4.45. The SMILES string of the molecule is O=C(CCC(=O)N1CCc2sccc2C1c1ccccc1)NC1CCCCC1. The van der Waals surface area contributed by atoms with Crippen molar-refractivity contribution in [3.05, 3.63) is 57.8 Å². The molecule has 0 saturated heterocycles. The van der Waals surface area contributed by atoms with Gasteiger partial charge in [0, 0.05) is 30.3 Å². The van der Waals surface area contributed by atoms with Crippen LogP contribution in [0.5, 0.6) is 0 Å². The van der Waals surface area contributed by atoms with Crippen molar-refractivity contribution in [2.24, 2.45) is 0 Å². The molecule has 1 aromatic carbocycles. The first-order valence-corrected chi connectivity index (χ1v) is 11.3. The van der Waals surface area contributed by atoms with Gasteiger partial charge < -0.3 is 10.2 Å². The number of carbonyl (C=O) groups excluding carboxylic acids is 2. The zero-order valence-corrected chi connectivity index (χ0v) is 17.0. The molecule has 148 valence electrons. The van der Waals surface area contributed by atoms with Gasteiger partial charge in [-0.2, -0.15) is 0 Å². The molecule has 2 amide bonds. The largest absolute Gasteiger partial charge is 0.353 e. The van der Waals surface area contributed by atoms with Gasteiger partial charge in [0.25, 0.3) is 0 Å². The number of rotatable bonds is 5. The number of carbonyl (C=O) groups is 2. The number of nitrogens with zero attached hydrogens (tertiary/aromatic N) is 1. The standard InChI is InChI=1S/C23H28N2O2S/c26-21(24-18-9-5-2-6-10-18)11-12-22(27)25-15-13-20-19(14-16-28-20)23(25)17-7-3-1-4-8-17/h1,3-4,7-8,14,16,18,23H,2,5-6,9-13,15H2,(H,24,26). The molecular weight excluding hydrogens is 368 g/mol. The lowest BCUT2D eigenvalue weighted by molar-refractivity contribution is -0.135. The van der Waals surface area contributed by atoms with E-state index in [2.05, 4.69) is 28.9 Å². The lowest BCUT2D eigenvalue weighted by Crippen LogP contribution is -2.41. The van der Waals surface area contributed by atoms with Crippen LogP contribution in [0.2, 0.25) is 0 Å². The summed E-state index contributed by atoms with van der Waals surface area (Å²) in [5, 5.41) is 5.24. The van der Waals surface area contributed by atoms with E-state index in [4.69, 9.17) is 0 Å². The predicted molar refractivity (Wildman–Crippen MR) is 112 cm³/mol. The van der Waals surface area contributed by atoms with Crippen molar-refractivity contribution < 1.29 is 9.59 Å². The van der Waals surface area contributed by atoms with Crippen LogP contribution in [-0.4, -0.2) is 29.3 Å². The third-order valence-corrected chi connectivity index (χ3v) is 6.93. The molecule has 1 aliphatic carbocycles. The van der Waals surface area contributed by atoms with Crippen LogP contribution in [0.3, 0.4) is 0 Å². The van der Waals surface area contributed by atoms with Gasteiger partial charge >= 0.3 is 0 Å². The Morgan fingerprint density at radius 1 is 1.04 bits per heavy atom. The average Bonchev–Trinajstić information content (AvgIpc) is 3.21. The Balaban J connectivity index is 1.42. The van der Waals surface area contributed by atoms with Gasteiger partial charge in [0.15, 0.2) is 0 Å². The first-order valence-electron chi connectivity index (χ1n) is 10.4. The Labute approximate surface area is 170 Å². The van der Waals surface area contributed by atoms with Crippen LogP contribution in [0, 0.1) is 0 Å². The molecule has 5 heteroatoms. The monoisotopic (exact) mass is 396 g/mol. The van der Waals surface area contributed by atoms with Crippen LogP contribution in [0.25, 0.3) is 0 Å². The van der Waals surface area contributed by atoms with Gasteiger partial charge in [-0.3, -0.25) is 9.59 Å². The summed E-state index contributed by atoms with van der Waals surface area (Å²) >= 11 is 1.77. The number of nitrogens with one attached hydrogen (secondary N) is 1. The topological polar surface area (TPSA) is 49.4 Å². The average molecular weight is 397 g/mol. The van der Waals surface area contributed by atoms with Gasteiger partial charge in [0.2, 0.25) is 11.8 Å². The number of hydrogen-bond acceptors (Lipinski definition) is 3. The maximum atomic E-state index is 13.1. The summed E-state index contributed by atoms with van der Waals surface area (Å²) in [7, 11) is 0. The van der Waals surface area contributed by atoms with E-state index in [1.807, 2.05) is 23.1 Å². The first-order chi connectivity index (χ1) is 13.7. The summed E-state index contributed by atoms with van der Waals surface area (Å²) in [5.74, 6) is 0.0919. The maximum absolute atomic E-state index is 13.1. The summed E-state index contributed by atoms with van der Waals surface area (Å²) in [4.78, 5) is 28.7. The van der Waals surface area contributed by atoms with Gasteiger partial charge in [0.05, 0.1) is 6.04 Å². The van der Waals surface area contributed by atoms with E-state index < -0.39 is 0 Å². The molecule has 1 atom stereocenters. The second kappa shape index (κ2) is 8.91. The summed E-state index contributed by atoms with van der Waals surface area (Å²) in [6.07, 6.45) is 7.26. The number of hydrogen-bond donors (Lipinski definition) is 1. The Kier molecular flexibility index (Phi) is 6.10. The molecule has 4 nitrogen and oxygen atoms in total. The maximum Gasteiger partial charge on any atom is 0.223 e. The second-order valence-electron chi connectivity index (χ2n) is 7.85. The fourth-order valence-electron chi connectivity index (χ4n) is 4.49. The molecule has 0 bridgehead atoms. The van der Waals surface area contributed by atoms with Crippen molar-refractivity contribution in [1.29, 1.82) is 0 Å². The first kappa shape index (κ1) is 19.2. The molecule has 2 heterocycles. The fourth-order valence-corrected chi connectivity index (χ4v) is 5.39. The molecule has 1 fully saturated rings. The minimum absolute atomic E-state index is 0.0183. The summed E-state index contributed by atoms with van der Waals surface area (Å²) in [5.41, 5.74) is 2.38. The van der Waals surface area contributed by atoms with Crippen molar-refractivity contribution in [3.63, 3.8) is 0 Å². The lowest BCUT2D eigenvalue weighted by Gasteiger charge is -2.36. The molecule has 0 radical (unpaired) electrons. The van der Waals surface area contributed by atoms with Crippen LogP contribution in [0.15, 0.2) is 41.8 Å². The smallest absolute Gasteiger partial charge is 0.223 e. The van der Waals surface area contributed by atoms with Gasteiger partial charge in [0.1, 0.15) is 0 Å². The van der Waals surface area contributed by atoms with Gasteiger partial charge in [-0.1, -0.05) is 49.6 Å². The molecule has 28 heavy (non-hydrogen) atoms. The molecule has 4 rings (SSSR count). The normalized spacial score (nSPS) is 19.9. The third-order valence-electron chi connectivity index (χ3n) is 5.94. The third kappa shape index (κ3) is 4.30. The van der Waals surface area contributed by atoms with Crippen molar-refractivity contribution in [2.75, 3.05) is 6.54 Å². The second-order valence-corrected chi connectivity index (χ2v) is 8.85. The van der Waals surface area contributed by atoms with Crippen molar-refractivity contribution >= 4 is 23.2 Å². The summed E-state index contributed by atoms with van der Waals surface area (Å²) in [6.45, 7) is 0.718. The number of thiophene rings is 1. The minimum atomic E-state index is -0.0369. The van der Waals surface area contributed by atoms with Crippen LogP contribution in [0.1, 0.15) is 67.0 Å². The van der Waals surface area contributed by atoms with E-state index >= 15 is 0 Å². The highest BCUT2D eigenvalue weighted by atomic mass is 32.1. The number of amides is 2. The molecule has 1 N–H and O–H groups in total. The van der Waals surface area contributed by atoms with Crippen molar-refractivity contribution in [1.82, 2.24) is 10.2 Å². The van der Waals surface area contributed by atoms with E-state index in [1.54, 1.807) is 11.3 Å². The zero-order valence-electron chi connectivity index (χ0n) is 16.2. The highest BCUT2D eigenvalue weighted by molar-refractivity contribution is 7.10. The lowest BCUT2D eigenvalue weighted by atomic mass is 9.93. The Hall–Kier alpha value is -2.14. The highest BCUT2D eigenvalue weighted by Crippen LogP contribution is 2.38.